The van der Waals surface area contributed by atoms with E-state index in [2.05, 4.69) is 20.8 Å². The first-order valence-corrected chi connectivity index (χ1v) is 17.3. The summed E-state index contributed by atoms with van der Waals surface area (Å²) in [6.45, 7) is 13.9. The second-order valence-electron chi connectivity index (χ2n) is 12.3. The number of hydrogen-bond acceptors (Lipinski definition) is 5. The number of methoxy groups -OCH3 is 2. The maximum Gasteiger partial charge on any atom is 0.263 e. The van der Waals surface area contributed by atoms with Gasteiger partial charge in [-0.15, -0.1) is 0 Å². The van der Waals surface area contributed by atoms with Crippen LogP contribution in [0.3, 0.4) is 0 Å². The highest BCUT2D eigenvalue weighted by molar-refractivity contribution is 6.07. The molecule has 3 aromatic carbocycles. The second kappa shape index (κ2) is 17.3. The van der Waals surface area contributed by atoms with Crippen LogP contribution in [0, 0.1) is 11.6 Å². The lowest BCUT2D eigenvalue weighted by Crippen LogP contribution is -2.48. The van der Waals surface area contributed by atoms with Crippen LogP contribution in [0.4, 0.5) is 14.5 Å². The van der Waals surface area contributed by atoms with Crippen LogP contribution in [0.2, 0.25) is 0 Å². The predicted octanol–water partition coefficient (Wildman–Crippen LogP) is 8.16. The topological polar surface area (TPSA) is 70.0 Å². The molecule has 4 aromatic rings. The summed E-state index contributed by atoms with van der Waals surface area (Å²) >= 11 is 0. The maximum atomic E-state index is 14.1. The Morgan fingerprint density at radius 1 is 0.776 bits per heavy atom. The lowest BCUT2D eigenvalue weighted by Gasteiger charge is -2.35. The van der Waals surface area contributed by atoms with Crippen molar-refractivity contribution in [3.63, 3.8) is 0 Å². The van der Waals surface area contributed by atoms with Crippen LogP contribution in [-0.2, 0) is 0 Å². The monoisotopic (exact) mass is 678 g/mol. The van der Waals surface area contributed by atoms with Gasteiger partial charge < -0.3 is 28.2 Å². The van der Waals surface area contributed by atoms with Gasteiger partial charge in [-0.05, 0) is 71.2 Å². The van der Waals surface area contributed by atoms with Crippen molar-refractivity contribution >= 4 is 22.5 Å². The molecule has 0 unspecified atom stereocenters. The lowest BCUT2D eigenvalue weighted by atomic mass is 10.1. The number of amides is 1. The van der Waals surface area contributed by atoms with Crippen molar-refractivity contribution in [2.45, 2.75) is 59.8 Å². The van der Waals surface area contributed by atoms with Crippen LogP contribution in [0.25, 0.3) is 16.6 Å². The Kier molecular flexibility index (Phi) is 13.2. The van der Waals surface area contributed by atoms with E-state index in [9.17, 15) is 18.4 Å². The van der Waals surface area contributed by atoms with Crippen LogP contribution < -0.4 is 24.5 Å². The van der Waals surface area contributed by atoms with Crippen molar-refractivity contribution < 1.29 is 32.3 Å². The van der Waals surface area contributed by atoms with E-state index in [0.717, 1.165) is 37.5 Å². The lowest BCUT2D eigenvalue weighted by molar-refractivity contribution is -0.923. The third kappa shape index (κ3) is 8.97. The van der Waals surface area contributed by atoms with Crippen LogP contribution in [0.1, 0.15) is 70.2 Å². The number of anilines is 1. The van der Waals surface area contributed by atoms with Gasteiger partial charge in [-0.2, -0.15) is 0 Å². The number of rotatable bonds is 18. The number of hydrogen-bond donors (Lipinski definition) is 0. The van der Waals surface area contributed by atoms with E-state index in [4.69, 9.17) is 14.2 Å². The van der Waals surface area contributed by atoms with Gasteiger partial charge in [0.2, 0.25) is 5.43 Å². The summed E-state index contributed by atoms with van der Waals surface area (Å²) in [6.07, 6.45) is 7.02. The molecule has 8 nitrogen and oxygen atoms in total. The molecule has 4 rings (SSSR count). The number of aromatic nitrogens is 1. The van der Waals surface area contributed by atoms with Crippen LogP contribution in [0.5, 0.6) is 17.2 Å². The highest BCUT2D eigenvalue weighted by atomic mass is 19.1. The molecule has 1 amide bonds. The van der Waals surface area contributed by atoms with E-state index in [1.165, 1.54) is 68.8 Å². The van der Waals surface area contributed by atoms with Gasteiger partial charge in [-0.25, -0.2) is 8.78 Å². The molecule has 0 spiro atoms. The number of nitrogens with zero attached hydrogens (tertiary/aromatic N) is 3. The van der Waals surface area contributed by atoms with Gasteiger partial charge in [0, 0.05) is 54.1 Å². The van der Waals surface area contributed by atoms with Crippen molar-refractivity contribution in [2.75, 3.05) is 58.5 Å². The third-order valence-electron chi connectivity index (χ3n) is 9.60. The number of carbonyl (C=O) groups excluding carboxylic acids is 1. The number of fused-ring (bicyclic) bond motifs is 1. The third-order valence-corrected chi connectivity index (χ3v) is 9.60. The molecule has 0 N–H and O–H groups in total. The Labute approximate surface area is 288 Å². The maximum absolute atomic E-state index is 14.1. The molecular formula is C39H50F2N3O5+. The normalized spacial score (nSPS) is 11.5. The average molecular weight is 679 g/mol. The van der Waals surface area contributed by atoms with E-state index in [0.29, 0.717) is 35.1 Å². The van der Waals surface area contributed by atoms with Crippen molar-refractivity contribution in [2.24, 2.45) is 0 Å². The van der Waals surface area contributed by atoms with Gasteiger partial charge in [-0.3, -0.25) is 9.59 Å². The molecule has 0 aliphatic carbocycles. The van der Waals surface area contributed by atoms with Gasteiger partial charge in [0.15, 0.2) is 0 Å². The van der Waals surface area contributed by atoms with E-state index in [1.807, 2.05) is 0 Å². The van der Waals surface area contributed by atoms with E-state index in [-0.39, 0.29) is 23.2 Å². The molecule has 264 valence electrons. The molecule has 0 saturated carbocycles. The molecule has 0 bridgehead atoms. The fourth-order valence-electron chi connectivity index (χ4n) is 6.39. The number of ether oxygens (including phenoxy) is 3. The average Bonchev–Trinajstić information content (AvgIpc) is 3.11. The summed E-state index contributed by atoms with van der Waals surface area (Å²) in [5.41, 5.74) is 0.424. The van der Waals surface area contributed by atoms with Gasteiger partial charge >= 0.3 is 0 Å². The molecule has 0 saturated heterocycles. The van der Waals surface area contributed by atoms with Crippen molar-refractivity contribution in [3.05, 3.63) is 88.2 Å². The number of halogens is 2. The molecule has 0 aliphatic heterocycles. The molecule has 0 radical (unpaired) electrons. The highest BCUT2D eigenvalue weighted by Crippen LogP contribution is 2.30. The molecule has 0 atom stereocenters. The summed E-state index contributed by atoms with van der Waals surface area (Å²) in [4.78, 5) is 29.0. The zero-order valence-electron chi connectivity index (χ0n) is 29.7. The molecule has 0 aliphatic rings. The Balaban J connectivity index is 1.62. The minimum Gasteiger partial charge on any atom is -0.497 e. The summed E-state index contributed by atoms with van der Waals surface area (Å²) in [7, 11) is 3.07. The standard InChI is InChI=1S/C39H50F2N3O5/c1-7-42(30-21-28(40)20-29(41)22-30)39(46)36-27-43(31-23-33(47-5)25-34(24-31)48-6)37-26-32(16-17-35(37)38(36)45)49-19-15-13-11-12-14-18-44(8-2,9-3)10-4/h16-17,20-27H,7-15,18-19H2,1-6H3/q+1. The number of pyridine rings is 1. The Hall–Kier alpha value is -4.44. The number of unbranched alkanes of at least 4 members (excludes halogenated alkanes) is 4. The molecule has 1 aromatic heterocycles. The predicted molar refractivity (Wildman–Crippen MR) is 192 cm³/mol. The van der Waals surface area contributed by atoms with E-state index in [1.54, 1.807) is 47.9 Å². The summed E-state index contributed by atoms with van der Waals surface area (Å²) in [5.74, 6) is -0.724. The van der Waals surface area contributed by atoms with Crippen LogP contribution >= 0.6 is 0 Å². The smallest absolute Gasteiger partial charge is 0.263 e. The molecule has 0 fully saturated rings. The fraction of sp³-hybridized carbons (Fsp3) is 0.436. The quantitative estimate of drug-likeness (QED) is 0.0785. The van der Waals surface area contributed by atoms with Gasteiger partial charge in [-0.1, -0.05) is 12.8 Å². The fourth-order valence-corrected chi connectivity index (χ4v) is 6.39. The van der Waals surface area contributed by atoms with Gasteiger partial charge in [0.25, 0.3) is 5.91 Å². The summed E-state index contributed by atoms with van der Waals surface area (Å²) in [6, 6.07) is 13.3. The minimum absolute atomic E-state index is 0.0120. The van der Waals surface area contributed by atoms with Gasteiger partial charge in [0.1, 0.15) is 34.4 Å². The molecule has 49 heavy (non-hydrogen) atoms. The highest BCUT2D eigenvalue weighted by Gasteiger charge is 2.24. The molecule has 10 heteroatoms. The second-order valence-corrected chi connectivity index (χ2v) is 12.3. The summed E-state index contributed by atoms with van der Waals surface area (Å²) in [5, 5.41) is 0.280. The minimum atomic E-state index is -0.825. The van der Waals surface area contributed by atoms with Gasteiger partial charge in [0.05, 0.1) is 58.2 Å². The van der Waals surface area contributed by atoms with E-state index >= 15 is 0 Å². The Morgan fingerprint density at radius 3 is 1.98 bits per heavy atom. The van der Waals surface area contributed by atoms with Crippen molar-refractivity contribution in [1.82, 2.24) is 4.57 Å². The Morgan fingerprint density at radius 2 is 1.39 bits per heavy atom. The van der Waals surface area contributed by atoms with Crippen molar-refractivity contribution in [1.29, 1.82) is 0 Å². The Bertz CT molecular complexity index is 1740. The zero-order chi connectivity index (χ0) is 35.6. The number of quaternary nitrogens is 1. The largest absolute Gasteiger partial charge is 0.497 e. The van der Waals surface area contributed by atoms with Crippen LogP contribution in [-0.4, -0.2) is 68.5 Å². The van der Waals surface area contributed by atoms with Crippen LogP contribution in [0.15, 0.2) is 65.6 Å². The molecule has 1 heterocycles. The van der Waals surface area contributed by atoms with E-state index < -0.39 is 23.0 Å². The number of carbonyl (C=O) groups is 1. The van der Waals surface area contributed by atoms with Crippen molar-refractivity contribution in [3.8, 4) is 22.9 Å². The zero-order valence-corrected chi connectivity index (χ0v) is 29.7. The SMILES string of the molecule is CCN(C(=O)c1cn(-c2cc(OC)cc(OC)c2)c2cc(OCCCCCCC[N+](CC)(CC)CC)ccc2c1=O)c1cc(F)cc(F)c1. The summed E-state index contributed by atoms with van der Waals surface area (Å²) < 4.78 is 48.3. The number of benzene rings is 3. The first kappa shape index (κ1) is 37.4. The first-order chi connectivity index (χ1) is 23.6. The molecular weight excluding hydrogens is 628 g/mol. The first-order valence-electron chi connectivity index (χ1n) is 17.3.